The van der Waals surface area contributed by atoms with Crippen molar-refractivity contribution in [2.24, 2.45) is 0 Å². The highest BCUT2D eigenvalue weighted by atomic mass is 127. The quantitative estimate of drug-likeness (QED) is 0.814. The van der Waals surface area contributed by atoms with Crippen LogP contribution in [0.15, 0.2) is 18.2 Å². The minimum Gasteiger partial charge on any atom is -0.382 e. The molecule has 1 aromatic rings. The van der Waals surface area contributed by atoms with E-state index in [0.717, 1.165) is 6.04 Å². The van der Waals surface area contributed by atoms with Gasteiger partial charge in [-0.25, -0.2) is 0 Å². The van der Waals surface area contributed by atoms with Crippen LogP contribution in [0.1, 0.15) is 31.2 Å². The topological polar surface area (TPSA) is 15.3 Å². The van der Waals surface area contributed by atoms with Crippen LogP contribution in [0.25, 0.3) is 0 Å². The van der Waals surface area contributed by atoms with E-state index in [1.807, 2.05) is 0 Å². The Morgan fingerprint density at radius 2 is 2.17 bits per heavy atom. The van der Waals surface area contributed by atoms with E-state index in [9.17, 15) is 0 Å². The van der Waals surface area contributed by atoms with Gasteiger partial charge in [-0.1, -0.05) is 6.07 Å². The molecule has 3 heteroatoms. The van der Waals surface area contributed by atoms with Crippen LogP contribution in [0, 0.1) is 10.5 Å². The van der Waals surface area contributed by atoms with Crippen LogP contribution in [0.5, 0.6) is 0 Å². The molecule has 0 saturated carbocycles. The molecule has 0 radical (unpaired) electrons. The van der Waals surface area contributed by atoms with E-state index >= 15 is 0 Å². The average molecular weight is 356 g/mol. The second-order valence-electron chi connectivity index (χ2n) is 5.66. The summed E-state index contributed by atoms with van der Waals surface area (Å²) in [5, 5.41) is 3.77. The van der Waals surface area contributed by atoms with Gasteiger partial charge >= 0.3 is 0 Å². The Balaban J connectivity index is 1.67. The number of rotatable bonds is 2. The molecule has 2 nitrogen and oxygen atoms in total. The van der Waals surface area contributed by atoms with Gasteiger partial charge in [-0.2, -0.15) is 0 Å². The minimum absolute atomic E-state index is 0.668. The monoisotopic (exact) mass is 356 g/mol. The molecule has 0 aliphatic carbocycles. The maximum atomic E-state index is 3.77. The van der Waals surface area contributed by atoms with Crippen LogP contribution >= 0.6 is 22.6 Å². The number of hydrogen-bond donors (Lipinski definition) is 1. The molecule has 18 heavy (non-hydrogen) atoms. The molecule has 0 bridgehead atoms. The predicted octanol–water partition coefficient (Wildman–Crippen LogP) is 3.64. The largest absolute Gasteiger partial charge is 0.382 e. The normalized spacial score (nSPS) is 28.1. The lowest BCUT2D eigenvalue weighted by Crippen LogP contribution is -2.42. The van der Waals surface area contributed by atoms with Gasteiger partial charge in [-0.05, 0) is 79.4 Å². The molecule has 2 fully saturated rings. The molecule has 2 saturated heterocycles. The zero-order valence-electron chi connectivity index (χ0n) is 11.0. The van der Waals surface area contributed by atoms with Crippen molar-refractivity contribution in [1.29, 1.82) is 0 Å². The van der Waals surface area contributed by atoms with Crippen molar-refractivity contribution in [3.63, 3.8) is 0 Å². The van der Waals surface area contributed by atoms with Crippen LogP contribution in [0.3, 0.4) is 0 Å². The van der Waals surface area contributed by atoms with Crippen molar-refractivity contribution in [2.45, 2.75) is 44.7 Å². The lowest BCUT2D eigenvalue weighted by atomic mass is 9.97. The van der Waals surface area contributed by atoms with Gasteiger partial charge in [0, 0.05) is 27.9 Å². The summed E-state index contributed by atoms with van der Waals surface area (Å²) in [7, 11) is 0. The molecule has 2 heterocycles. The molecule has 0 spiro atoms. The highest BCUT2D eigenvalue weighted by Gasteiger charge is 2.31. The Hall–Kier alpha value is -0.290. The van der Waals surface area contributed by atoms with Crippen molar-refractivity contribution in [1.82, 2.24) is 4.90 Å². The molecule has 98 valence electrons. The molecular formula is C15H21IN2. The molecule has 2 unspecified atom stereocenters. The number of benzene rings is 1. The van der Waals surface area contributed by atoms with Gasteiger partial charge < -0.3 is 10.2 Å². The summed E-state index contributed by atoms with van der Waals surface area (Å²) in [6.07, 6.45) is 5.43. The van der Waals surface area contributed by atoms with Gasteiger partial charge in [-0.15, -0.1) is 0 Å². The number of halogens is 1. The molecular weight excluding hydrogens is 335 g/mol. The number of fused-ring (bicyclic) bond motifs is 1. The van der Waals surface area contributed by atoms with Crippen molar-refractivity contribution in [3.8, 4) is 0 Å². The van der Waals surface area contributed by atoms with Crippen molar-refractivity contribution >= 4 is 28.3 Å². The van der Waals surface area contributed by atoms with Crippen LogP contribution in [0.2, 0.25) is 0 Å². The highest BCUT2D eigenvalue weighted by molar-refractivity contribution is 14.1. The van der Waals surface area contributed by atoms with Crippen LogP contribution in [-0.4, -0.2) is 30.1 Å². The second-order valence-corrected chi connectivity index (χ2v) is 6.90. The van der Waals surface area contributed by atoms with Crippen LogP contribution in [0.4, 0.5) is 5.69 Å². The van der Waals surface area contributed by atoms with E-state index in [1.54, 1.807) is 0 Å². The lowest BCUT2D eigenvalue weighted by Gasteiger charge is -2.35. The summed E-state index contributed by atoms with van der Waals surface area (Å²) in [5.41, 5.74) is 2.70. The SMILES string of the molecule is Cc1ccc(I)cc1NC1CCN2CCCC2C1. The van der Waals surface area contributed by atoms with Crippen LogP contribution < -0.4 is 5.32 Å². The van der Waals surface area contributed by atoms with Gasteiger partial charge in [-0.3, -0.25) is 0 Å². The third kappa shape index (κ3) is 2.67. The molecule has 0 aromatic heterocycles. The molecule has 2 atom stereocenters. The number of nitrogens with one attached hydrogen (secondary N) is 1. The third-order valence-electron chi connectivity index (χ3n) is 4.38. The lowest BCUT2D eigenvalue weighted by molar-refractivity contribution is 0.188. The fourth-order valence-electron chi connectivity index (χ4n) is 3.33. The molecule has 2 aliphatic heterocycles. The van der Waals surface area contributed by atoms with Gasteiger partial charge in [0.1, 0.15) is 0 Å². The number of piperidine rings is 1. The Bertz CT molecular complexity index is 433. The molecule has 1 N–H and O–H groups in total. The number of aryl methyl sites for hydroxylation is 1. The fourth-order valence-corrected chi connectivity index (χ4v) is 3.82. The minimum atomic E-state index is 0.668. The number of nitrogens with zero attached hydrogens (tertiary/aromatic N) is 1. The Labute approximate surface area is 123 Å². The Morgan fingerprint density at radius 1 is 1.28 bits per heavy atom. The summed E-state index contributed by atoms with van der Waals surface area (Å²) < 4.78 is 1.32. The summed E-state index contributed by atoms with van der Waals surface area (Å²) in [6, 6.07) is 8.19. The Kier molecular flexibility index (Phi) is 3.80. The van der Waals surface area contributed by atoms with E-state index < -0.39 is 0 Å². The van der Waals surface area contributed by atoms with Crippen molar-refractivity contribution in [2.75, 3.05) is 18.4 Å². The van der Waals surface area contributed by atoms with E-state index in [4.69, 9.17) is 0 Å². The van der Waals surface area contributed by atoms with E-state index in [0.29, 0.717) is 6.04 Å². The maximum Gasteiger partial charge on any atom is 0.0382 e. The maximum absolute atomic E-state index is 3.77. The van der Waals surface area contributed by atoms with E-state index in [2.05, 4.69) is 57.9 Å². The van der Waals surface area contributed by atoms with E-state index in [-0.39, 0.29) is 0 Å². The van der Waals surface area contributed by atoms with E-state index in [1.165, 1.54) is 53.6 Å². The first-order valence-corrected chi connectivity index (χ1v) is 8.07. The molecule has 1 aromatic carbocycles. The zero-order chi connectivity index (χ0) is 12.5. The first-order valence-electron chi connectivity index (χ1n) is 6.99. The number of hydrogen-bond acceptors (Lipinski definition) is 2. The highest BCUT2D eigenvalue weighted by Crippen LogP contribution is 2.29. The van der Waals surface area contributed by atoms with Crippen molar-refractivity contribution in [3.05, 3.63) is 27.3 Å². The second kappa shape index (κ2) is 5.37. The molecule has 0 amide bonds. The summed E-state index contributed by atoms with van der Waals surface area (Å²) in [4.78, 5) is 2.68. The third-order valence-corrected chi connectivity index (χ3v) is 5.05. The summed E-state index contributed by atoms with van der Waals surface area (Å²) in [5.74, 6) is 0. The van der Waals surface area contributed by atoms with Gasteiger partial charge in [0.15, 0.2) is 0 Å². The predicted molar refractivity (Wildman–Crippen MR) is 85.1 cm³/mol. The van der Waals surface area contributed by atoms with Crippen molar-refractivity contribution < 1.29 is 0 Å². The van der Waals surface area contributed by atoms with Gasteiger partial charge in [0.25, 0.3) is 0 Å². The molecule has 3 rings (SSSR count). The standard InChI is InChI=1S/C15H21IN2/c1-11-4-5-12(16)9-15(11)17-13-6-8-18-7-2-3-14(18)10-13/h4-5,9,13-14,17H,2-3,6-8,10H2,1H3. The summed E-state index contributed by atoms with van der Waals surface area (Å²) >= 11 is 2.39. The first kappa shape index (κ1) is 12.7. The average Bonchev–Trinajstić information content (AvgIpc) is 2.81. The fraction of sp³-hybridized carbons (Fsp3) is 0.600. The van der Waals surface area contributed by atoms with Gasteiger partial charge in [0.05, 0.1) is 0 Å². The van der Waals surface area contributed by atoms with Crippen LogP contribution in [-0.2, 0) is 0 Å². The zero-order valence-corrected chi connectivity index (χ0v) is 13.1. The summed E-state index contributed by atoms with van der Waals surface area (Å²) in [6.45, 7) is 4.81. The first-order chi connectivity index (χ1) is 8.72. The smallest absolute Gasteiger partial charge is 0.0382 e. The number of anilines is 1. The molecule has 2 aliphatic rings. The van der Waals surface area contributed by atoms with Gasteiger partial charge in [0.2, 0.25) is 0 Å². The Morgan fingerprint density at radius 3 is 3.06 bits per heavy atom.